The third-order valence-corrected chi connectivity index (χ3v) is 4.74. The zero-order chi connectivity index (χ0) is 19.1. The molecule has 27 heavy (non-hydrogen) atoms. The molecule has 2 N–H and O–H groups in total. The first-order valence-electron chi connectivity index (χ1n) is 8.28. The van der Waals surface area contributed by atoms with Crippen molar-refractivity contribution in [3.8, 4) is 17.2 Å². The molecule has 0 spiro atoms. The predicted molar refractivity (Wildman–Crippen MR) is 105 cm³/mol. The van der Waals surface area contributed by atoms with Gasteiger partial charge in [0, 0.05) is 6.54 Å². The highest BCUT2D eigenvalue weighted by Gasteiger charge is 2.10. The van der Waals surface area contributed by atoms with Gasteiger partial charge in [0.05, 0.1) is 12.8 Å². The molecule has 7 heteroatoms. The number of anilines is 1. The van der Waals surface area contributed by atoms with Gasteiger partial charge < -0.3 is 9.47 Å². The lowest BCUT2D eigenvalue weighted by Crippen LogP contribution is -2.29. The van der Waals surface area contributed by atoms with Gasteiger partial charge in [0.1, 0.15) is 5.75 Å². The molecule has 0 aliphatic rings. The molecule has 0 heterocycles. The minimum absolute atomic E-state index is 0.213. The van der Waals surface area contributed by atoms with Gasteiger partial charge in [-0.05, 0) is 42.0 Å². The van der Waals surface area contributed by atoms with Crippen LogP contribution in [0.5, 0.6) is 17.2 Å². The van der Waals surface area contributed by atoms with Gasteiger partial charge in [-0.25, -0.2) is 0 Å². The van der Waals surface area contributed by atoms with Crippen molar-refractivity contribution in [2.45, 2.75) is 6.54 Å². The molecule has 3 rings (SSSR count). The van der Waals surface area contributed by atoms with Gasteiger partial charge in [0.25, 0.3) is 10.2 Å². The molecule has 3 aromatic rings. The number of methoxy groups -OCH3 is 1. The van der Waals surface area contributed by atoms with Crippen molar-refractivity contribution >= 4 is 15.9 Å². The Kier molecular flexibility index (Phi) is 5.95. The molecule has 0 radical (unpaired) electrons. The monoisotopic (exact) mass is 384 g/mol. The maximum atomic E-state index is 12.2. The van der Waals surface area contributed by atoms with Gasteiger partial charge in [0.2, 0.25) is 0 Å². The van der Waals surface area contributed by atoms with Gasteiger partial charge in [-0.1, -0.05) is 42.5 Å². The predicted octanol–water partition coefficient (Wildman–Crippen LogP) is 3.93. The third kappa shape index (κ3) is 5.47. The number of hydrogen-bond acceptors (Lipinski definition) is 4. The largest absolute Gasteiger partial charge is 0.493 e. The molecule has 0 saturated heterocycles. The van der Waals surface area contributed by atoms with E-state index >= 15 is 0 Å². The van der Waals surface area contributed by atoms with Crippen molar-refractivity contribution in [2.75, 3.05) is 11.8 Å². The number of para-hydroxylation sites is 2. The third-order valence-electron chi connectivity index (χ3n) is 3.71. The summed E-state index contributed by atoms with van der Waals surface area (Å²) in [4.78, 5) is 0. The average molecular weight is 384 g/mol. The Balaban J connectivity index is 1.61. The van der Waals surface area contributed by atoms with Crippen LogP contribution in [0.3, 0.4) is 0 Å². The summed E-state index contributed by atoms with van der Waals surface area (Å²) >= 11 is 0. The van der Waals surface area contributed by atoms with Crippen molar-refractivity contribution < 1.29 is 17.9 Å². The number of hydrogen-bond donors (Lipinski definition) is 2. The fourth-order valence-corrected chi connectivity index (χ4v) is 3.26. The summed E-state index contributed by atoms with van der Waals surface area (Å²) in [5, 5.41) is 0. The van der Waals surface area contributed by atoms with Crippen LogP contribution in [0, 0.1) is 0 Å². The Hall–Kier alpha value is -3.03. The van der Waals surface area contributed by atoms with Crippen LogP contribution in [-0.2, 0) is 16.8 Å². The van der Waals surface area contributed by atoms with Crippen LogP contribution < -0.4 is 18.9 Å². The van der Waals surface area contributed by atoms with E-state index in [1.807, 2.05) is 42.5 Å². The summed E-state index contributed by atoms with van der Waals surface area (Å²) in [6.07, 6.45) is 0. The lowest BCUT2D eigenvalue weighted by atomic mass is 10.2. The average Bonchev–Trinajstić information content (AvgIpc) is 2.69. The molecule has 3 aromatic carbocycles. The highest BCUT2D eigenvalue weighted by Crippen LogP contribution is 2.31. The van der Waals surface area contributed by atoms with Crippen molar-refractivity contribution in [3.05, 3.63) is 84.4 Å². The van der Waals surface area contributed by atoms with E-state index < -0.39 is 10.2 Å². The van der Waals surface area contributed by atoms with E-state index in [9.17, 15) is 8.42 Å². The highest BCUT2D eigenvalue weighted by atomic mass is 32.2. The van der Waals surface area contributed by atoms with E-state index in [0.717, 1.165) is 5.56 Å². The highest BCUT2D eigenvalue weighted by molar-refractivity contribution is 7.90. The van der Waals surface area contributed by atoms with Crippen LogP contribution in [0.15, 0.2) is 78.9 Å². The number of rotatable bonds is 8. The Morgan fingerprint density at radius 1 is 0.815 bits per heavy atom. The fraction of sp³-hybridized carbons (Fsp3) is 0.100. The quantitative estimate of drug-likeness (QED) is 0.617. The summed E-state index contributed by atoms with van der Waals surface area (Å²) in [6.45, 7) is 0.213. The molecule has 0 aliphatic heterocycles. The van der Waals surface area contributed by atoms with E-state index in [-0.39, 0.29) is 6.54 Å². The second-order valence-corrected chi connectivity index (χ2v) is 7.19. The van der Waals surface area contributed by atoms with E-state index in [1.165, 1.54) is 0 Å². The standard InChI is InChI=1S/C20H20N2O4S/c1-25-19-9-5-6-10-20(19)26-18-13-11-17(12-14-18)22-27(23,24)21-15-16-7-3-2-4-8-16/h2-14,21-22H,15H2,1H3. The zero-order valence-corrected chi connectivity index (χ0v) is 15.6. The van der Waals surface area contributed by atoms with Crippen LogP contribution in [0.1, 0.15) is 5.56 Å². The number of ether oxygens (including phenoxy) is 2. The molecule has 0 aromatic heterocycles. The van der Waals surface area contributed by atoms with Crippen molar-refractivity contribution in [3.63, 3.8) is 0 Å². The molecule has 0 fully saturated rings. The second-order valence-electron chi connectivity index (χ2n) is 5.69. The summed E-state index contributed by atoms with van der Waals surface area (Å²) in [6, 6.07) is 23.2. The second kappa shape index (κ2) is 8.57. The Morgan fingerprint density at radius 3 is 2.11 bits per heavy atom. The fourth-order valence-electron chi connectivity index (χ4n) is 2.39. The number of benzene rings is 3. The van der Waals surface area contributed by atoms with E-state index in [0.29, 0.717) is 22.9 Å². The summed E-state index contributed by atoms with van der Waals surface area (Å²) in [5.41, 5.74) is 1.31. The maximum absolute atomic E-state index is 12.2. The Bertz CT molecular complexity index is 974. The minimum atomic E-state index is -3.68. The SMILES string of the molecule is COc1ccccc1Oc1ccc(NS(=O)(=O)NCc2ccccc2)cc1. The summed E-state index contributed by atoms with van der Waals surface area (Å²) in [7, 11) is -2.10. The van der Waals surface area contributed by atoms with E-state index in [4.69, 9.17) is 9.47 Å². The maximum Gasteiger partial charge on any atom is 0.299 e. The van der Waals surface area contributed by atoms with E-state index in [1.54, 1.807) is 43.5 Å². The first-order chi connectivity index (χ1) is 13.1. The zero-order valence-electron chi connectivity index (χ0n) is 14.8. The topological polar surface area (TPSA) is 76.7 Å². The first kappa shape index (κ1) is 18.8. The lowest BCUT2D eigenvalue weighted by Gasteiger charge is -2.12. The molecule has 0 atom stereocenters. The molecule has 140 valence electrons. The van der Waals surface area contributed by atoms with Gasteiger partial charge >= 0.3 is 0 Å². The van der Waals surface area contributed by atoms with Gasteiger partial charge in [-0.3, -0.25) is 4.72 Å². The van der Waals surface area contributed by atoms with Crippen LogP contribution >= 0.6 is 0 Å². The molecule has 0 amide bonds. The summed E-state index contributed by atoms with van der Waals surface area (Å²) in [5.74, 6) is 1.77. The van der Waals surface area contributed by atoms with Crippen molar-refractivity contribution in [1.82, 2.24) is 4.72 Å². The molecule has 0 bridgehead atoms. The van der Waals surface area contributed by atoms with Crippen LogP contribution in [0.2, 0.25) is 0 Å². The minimum Gasteiger partial charge on any atom is -0.493 e. The van der Waals surface area contributed by atoms with Gasteiger partial charge in [-0.15, -0.1) is 0 Å². The normalized spacial score (nSPS) is 11.0. The van der Waals surface area contributed by atoms with Crippen molar-refractivity contribution in [2.24, 2.45) is 0 Å². The van der Waals surface area contributed by atoms with Crippen LogP contribution in [-0.4, -0.2) is 15.5 Å². The molecule has 0 aliphatic carbocycles. The lowest BCUT2D eigenvalue weighted by molar-refractivity contribution is 0.379. The molecule has 6 nitrogen and oxygen atoms in total. The van der Waals surface area contributed by atoms with Gasteiger partial charge in [-0.2, -0.15) is 13.1 Å². The van der Waals surface area contributed by atoms with Gasteiger partial charge in [0.15, 0.2) is 11.5 Å². The summed E-state index contributed by atoms with van der Waals surface area (Å²) < 4.78 is 40.3. The molecule has 0 saturated carbocycles. The van der Waals surface area contributed by atoms with Crippen LogP contribution in [0.25, 0.3) is 0 Å². The van der Waals surface area contributed by atoms with Crippen molar-refractivity contribution in [1.29, 1.82) is 0 Å². The first-order valence-corrected chi connectivity index (χ1v) is 9.76. The number of nitrogens with one attached hydrogen (secondary N) is 2. The smallest absolute Gasteiger partial charge is 0.299 e. The Morgan fingerprint density at radius 2 is 1.44 bits per heavy atom. The van der Waals surface area contributed by atoms with E-state index in [2.05, 4.69) is 9.44 Å². The Labute approximate surface area is 158 Å². The van der Waals surface area contributed by atoms with Crippen LogP contribution in [0.4, 0.5) is 5.69 Å². The molecular formula is C20H20N2O4S. The molecular weight excluding hydrogens is 364 g/mol. The molecule has 0 unspecified atom stereocenters.